The van der Waals surface area contributed by atoms with Crippen LogP contribution in [0.15, 0.2) is 28.8 Å². The molecule has 0 saturated heterocycles. The zero-order valence-corrected chi connectivity index (χ0v) is 11.5. The first-order chi connectivity index (χ1) is 7.04. The molecule has 0 bridgehead atoms. The lowest BCUT2D eigenvalue weighted by atomic mass is 10.2. The fraction of sp³-hybridized carbons (Fsp3) is 0.273. The molecule has 82 valence electrons. The smallest absolute Gasteiger partial charge is 0.0722 e. The van der Waals surface area contributed by atoms with Gasteiger partial charge in [0.25, 0.3) is 0 Å². The summed E-state index contributed by atoms with van der Waals surface area (Å²) in [5, 5.41) is 4.39. The van der Waals surface area contributed by atoms with Gasteiger partial charge >= 0.3 is 0 Å². The molecular formula is C11H12BrCl2N. The number of rotatable bonds is 4. The van der Waals surface area contributed by atoms with Crippen LogP contribution in [0.1, 0.15) is 13.3 Å². The van der Waals surface area contributed by atoms with Crippen LogP contribution in [0.3, 0.4) is 0 Å². The van der Waals surface area contributed by atoms with Gasteiger partial charge in [0, 0.05) is 11.0 Å². The molecule has 0 amide bonds. The van der Waals surface area contributed by atoms with Gasteiger partial charge in [-0.1, -0.05) is 58.2 Å². The Morgan fingerprint density at radius 3 is 2.40 bits per heavy atom. The number of benzene rings is 1. The van der Waals surface area contributed by atoms with Crippen molar-refractivity contribution in [1.29, 1.82) is 0 Å². The predicted octanol–water partition coefficient (Wildman–Crippen LogP) is 5.13. The van der Waals surface area contributed by atoms with Crippen molar-refractivity contribution < 1.29 is 0 Å². The maximum Gasteiger partial charge on any atom is 0.0722 e. The lowest BCUT2D eigenvalue weighted by Crippen LogP contribution is -2.04. The minimum absolute atomic E-state index is 0.610. The molecule has 15 heavy (non-hydrogen) atoms. The molecule has 0 fully saturated rings. The summed E-state index contributed by atoms with van der Waals surface area (Å²) in [5.74, 6) is 0. The van der Waals surface area contributed by atoms with Gasteiger partial charge in [0.1, 0.15) is 0 Å². The minimum Gasteiger partial charge on any atom is -0.379 e. The Balaban J connectivity index is 2.81. The van der Waals surface area contributed by atoms with E-state index in [0.29, 0.717) is 16.6 Å². The van der Waals surface area contributed by atoms with Crippen LogP contribution in [0.2, 0.25) is 10.0 Å². The topological polar surface area (TPSA) is 12.0 Å². The zero-order valence-electron chi connectivity index (χ0n) is 8.41. The summed E-state index contributed by atoms with van der Waals surface area (Å²) in [6.45, 7) is 6.66. The number of hydrogen-bond donors (Lipinski definition) is 1. The molecule has 0 radical (unpaired) electrons. The zero-order chi connectivity index (χ0) is 11.4. The number of anilines is 1. The van der Waals surface area contributed by atoms with E-state index in [0.717, 1.165) is 22.2 Å². The number of hydrogen-bond acceptors (Lipinski definition) is 1. The van der Waals surface area contributed by atoms with Crippen LogP contribution in [-0.4, -0.2) is 6.54 Å². The van der Waals surface area contributed by atoms with Gasteiger partial charge in [0.05, 0.1) is 15.7 Å². The van der Waals surface area contributed by atoms with Crippen molar-refractivity contribution in [3.63, 3.8) is 0 Å². The predicted molar refractivity (Wildman–Crippen MR) is 72.1 cm³/mol. The number of nitrogens with one attached hydrogen (secondary N) is 1. The summed E-state index contributed by atoms with van der Waals surface area (Å²) in [4.78, 5) is 0. The van der Waals surface area contributed by atoms with Crippen LogP contribution in [0.4, 0.5) is 5.69 Å². The molecule has 0 aliphatic heterocycles. The van der Waals surface area contributed by atoms with Crippen molar-refractivity contribution in [2.45, 2.75) is 13.3 Å². The van der Waals surface area contributed by atoms with E-state index < -0.39 is 0 Å². The van der Waals surface area contributed by atoms with Crippen molar-refractivity contribution in [2.24, 2.45) is 0 Å². The van der Waals surface area contributed by atoms with Crippen LogP contribution in [0, 0.1) is 0 Å². The van der Waals surface area contributed by atoms with Gasteiger partial charge < -0.3 is 5.32 Å². The second-order valence-electron chi connectivity index (χ2n) is 3.20. The molecule has 1 aromatic carbocycles. The minimum atomic E-state index is 0.610. The molecule has 0 aliphatic rings. The summed E-state index contributed by atoms with van der Waals surface area (Å²) in [6.07, 6.45) is 0.943. The largest absolute Gasteiger partial charge is 0.379 e. The molecule has 1 aromatic rings. The third kappa shape index (κ3) is 3.71. The third-order valence-corrected chi connectivity index (χ3v) is 3.08. The van der Waals surface area contributed by atoms with Gasteiger partial charge in [0.15, 0.2) is 0 Å². The highest BCUT2D eigenvalue weighted by atomic mass is 79.9. The highest BCUT2D eigenvalue weighted by Gasteiger charge is 2.06. The van der Waals surface area contributed by atoms with Crippen LogP contribution in [0.25, 0.3) is 0 Å². The quantitative estimate of drug-likeness (QED) is 0.760. The average molecular weight is 309 g/mol. The van der Waals surface area contributed by atoms with Crippen molar-refractivity contribution in [2.75, 3.05) is 11.9 Å². The fourth-order valence-electron chi connectivity index (χ4n) is 1.05. The first-order valence-electron chi connectivity index (χ1n) is 4.59. The van der Waals surface area contributed by atoms with Gasteiger partial charge in [-0.15, -0.1) is 0 Å². The van der Waals surface area contributed by atoms with E-state index in [1.807, 2.05) is 12.1 Å². The van der Waals surface area contributed by atoms with Crippen molar-refractivity contribution in [3.8, 4) is 0 Å². The molecule has 1 rings (SSSR count). The summed E-state index contributed by atoms with van der Waals surface area (Å²) < 4.78 is 0.873. The van der Waals surface area contributed by atoms with Crippen molar-refractivity contribution in [3.05, 3.63) is 38.8 Å². The molecule has 1 N–H and O–H groups in total. The summed E-state index contributed by atoms with van der Waals surface area (Å²) in [5.41, 5.74) is 1.88. The fourth-order valence-corrected chi connectivity index (χ4v) is 2.39. The summed E-state index contributed by atoms with van der Waals surface area (Å²) >= 11 is 15.4. The Morgan fingerprint density at radius 1 is 1.40 bits per heavy atom. The van der Waals surface area contributed by atoms with Gasteiger partial charge in [-0.3, -0.25) is 0 Å². The molecule has 0 spiro atoms. The highest BCUT2D eigenvalue weighted by Crippen LogP contribution is 2.33. The molecule has 4 heteroatoms. The van der Waals surface area contributed by atoms with E-state index in [1.54, 1.807) is 0 Å². The van der Waals surface area contributed by atoms with Crippen LogP contribution in [-0.2, 0) is 0 Å². The van der Waals surface area contributed by atoms with Gasteiger partial charge in [0.2, 0.25) is 0 Å². The molecule has 0 saturated carbocycles. The SMILES string of the molecule is C=C(CC)CNc1c(Cl)cc(Br)cc1Cl. The van der Waals surface area contributed by atoms with Crippen LogP contribution in [0.5, 0.6) is 0 Å². The third-order valence-electron chi connectivity index (χ3n) is 2.02. The van der Waals surface area contributed by atoms with E-state index in [9.17, 15) is 0 Å². The standard InChI is InChI=1S/C11H12BrCl2N/c1-3-7(2)6-15-11-9(13)4-8(12)5-10(11)14/h4-5,15H,2-3,6H2,1H3. The lowest BCUT2D eigenvalue weighted by molar-refractivity contribution is 1.05. The van der Waals surface area contributed by atoms with Gasteiger partial charge in [-0.2, -0.15) is 0 Å². The van der Waals surface area contributed by atoms with E-state index in [-0.39, 0.29) is 0 Å². The Bertz CT molecular complexity index is 354. The van der Waals surface area contributed by atoms with Gasteiger partial charge in [-0.05, 0) is 18.6 Å². The van der Waals surface area contributed by atoms with E-state index in [4.69, 9.17) is 23.2 Å². The maximum atomic E-state index is 6.05. The van der Waals surface area contributed by atoms with Crippen molar-refractivity contribution in [1.82, 2.24) is 0 Å². The average Bonchev–Trinajstić information content (AvgIpc) is 2.15. The Labute approximate surface area is 109 Å². The first-order valence-corrected chi connectivity index (χ1v) is 6.14. The highest BCUT2D eigenvalue weighted by molar-refractivity contribution is 9.10. The number of halogens is 3. The van der Waals surface area contributed by atoms with E-state index in [1.165, 1.54) is 0 Å². The molecule has 1 nitrogen and oxygen atoms in total. The molecule has 0 heterocycles. The second kappa shape index (κ2) is 5.78. The molecule has 0 aliphatic carbocycles. The molecule has 0 aromatic heterocycles. The molecule has 0 unspecified atom stereocenters. The van der Waals surface area contributed by atoms with E-state index in [2.05, 4.69) is 34.7 Å². The second-order valence-corrected chi connectivity index (χ2v) is 4.93. The molecular weight excluding hydrogens is 297 g/mol. The molecule has 0 atom stereocenters. The van der Waals surface area contributed by atoms with Crippen molar-refractivity contribution >= 4 is 44.8 Å². The lowest BCUT2D eigenvalue weighted by Gasteiger charge is -2.11. The Morgan fingerprint density at radius 2 is 1.93 bits per heavy atom. The first kappa shape index (κ1) is 12.9. The van der Waals surface area contributed by atoms with Crippen LogP contribution >= 0.6 is 39.1 Å². The van der Waals surface area contributed by atoms with Crippen LogP contribution < -0.4 is 5.32 Å². The Kier molecular flexibility index (Phi) is 4.97. The van der Waals surface area contributed by atoms with Gasteiger partial charge in [-0.25, -0.2) is 0 Å². The summed E-state index contributed by atoms with van der Waals surface area (Å²) in [6, 6.07) is 3.62. The monoisotopic (exact) mass is 307 g/mol. The van der Waals surface area contributed by atoms with E-state index >= 15 is 0 Å². The normalized spacial score (nSPS) is 10.1. The Hall–Kier alpha value is -0.180. The maximum absolute atomic E-state index is 6.05. The summed E-state index contributed by atoms with van der Waals surface area (Å²) in [7, 11) is 0.